The van der Waals surface area contributed by atoms with Crippen LogP contribution in [0.2, 0.25) is 0 Å². The molecule has 1 aromatic carbocycles. The zero-order valence-corrected chi connectivity index (χ0v) is 14.8. The van der Waals surface area contributed by atoms with Gasteiger partial charge in [-0.05, 0) is 38.0 Å². The molecule has 4 rings (SSSR count). The summed E-state index contributed by atoms with van der Waals surface area (Å²) < 4.78 is 34.8. The average Bonchev–Trinajstić information content (AvgIpc) is 3.23. The first-order valence-electron chi connectivity index (χ1n) is 7.49. The van der Waals surface area contributed by atoms with Crippen molar-refractivity contribution in [3.8, 4) is 10.9 Å². The molecule has 0 spiro atoms. The zero-order chi connectivity index (χ0) is 16.9. The molecule has 24 heavy (non-hydrogen) atoms. The second-order valence-electron chi connectivity index (χ2n) is 5.76. The number of aryl methyl sites for hydroxylation is 1. The van der Waals surface area contributed by atoms with Crippen LogP contribution < -0.4 is 9.46 Å². The van der Waals surface area contributed by atoms with Crippen LogP contribution in [0.15, 0.2) is 24.3 Å². The third-order valence-corrected chi connectivity index (χ3v) is 6.64. The Bertz CT molecular complexity index is 1020. The fourth-order valence-electron chi connectivity index (χ4n) is 2.44. The van der Waals surface area contributed by atoms with Crippen molar-refractivity contribution in [3.63, 3.8) is 0 Å². The van der Waals surface area contributed by atoms with Crippen LogP contribution >= 0.6 is 11.3 Å². The number of ether oxygens (including phenoxy) is 1. The van der Waals surface area contributed by atoms with Crippen LogP contribution in [0.5, 0.6) is 5.75 Å². The van der Waals surface area contributed by atoms with Gasteiger partial charge in [-0.2, -0.15) is 9.78 Å². The van der Waals surface area contributed by atoms with E-state index in [1.165, 1.54) is 11.3 Å². The van der Waals surface area contributed by atoms with Crippen molar-refractivity contribution in [3.05, 3.63) is 30.0 Å². The molecule has 0 aliphatic heterocycles. The quantitative estimate of drug-likeness (QED) is 0.752. The standard InChI is InChI=1S/C15H16N4O3S2/c1-9-7-14(18-24(20,21)11-4-5-11)19(17-9)15-16-12-6-3-10(22-2)8-13(12)23-15/h3,6-8,11,18H,4-5H2,1-2H3. The lowest BCUT2D eigenvalue weighted by Gasteiger charge is -2.07. The van der Waals surface area contributed by atoms with E-state index in [0.29, 0.717) is 23.8 Å². The molecule has 1 fully saturated rings. The number of anilines is 1. The Morgan fingerprint density at radius 1 is 1.33 bits per heavy atom. The number of benzene rings is 1. The Labute approximate surface area is 143 Å². The average molecular weight is 364 g/mol. The summed E-state index contributed by atoms with van der Waals surface area (Å²) in [5.41, 5.74) is 1.54. The largest absolute Gasteiger partial charge is 0.497 e. The first-order chi connectivity index (χ1) is 11.5. The van der Waals surface area contributed by atoms with E-state index >= 15 is 0 Å². The van der Waals surface area contributed by atoms with Gasteiger partial charge in [0.2, 0.25) is 15.2 Å². The lowest BCUT2D eigenvalue weighted by atomic mass is 10.3. The van der Waals surface area contributed by atoms with Gasteiger partial charge < -0.3 is 4.74 Å². The highest BCUT2D eigenvalue weighted by Gasteiger charge is 2.36. The minimum atomic E-state index is -3.35. The maximum atomic E-state index is 12.2. The van der Waals surface area contributed by atoms with Gasteiger partial charge in [-0.25, -0.2) is 13.4 Å². The maximum Gasteiger partial charge on any atom is 0.236 e. The molecule has 0 atom stereocenters. The van der Waals surface area contributed by atoms with Crippen molar-refractivity contribution in [2.24, 2.45) is 0 Å². The molecule has 2 aromatic heterocycles. The molecule has 0 amide bonds. The van der Waals surface area contributed by atoms with Crippen LogP contribution in [-0.2, 0) is 10.0 Å². The number of thiazole rings is 1. The predicted octanol–water partition coefficient (Wildman–Crippen LogP) is 2.70. The number of fused-ring (bicyclic) bond motifs is 1. The van der Waals surface area contributed by atoms with Crippen LogP contribution in [0.25, 0.3) is 15.3 Å². The summed E-state index contributed by atoms with van der Waals surface area (Å²) in [5, 5.41) is 4.71. The SMILES string of the molecule is COc1ccc2nc(-n3nc(C)cc3NS(=O)(=O)C3CC3)sc2c1. The van der Waals surface area contributed by atoms with E-state index < -0.39 is 10.0 Å². The summed E-state index contributed by atoms with van der Waals surface area (Å²) in [6, 6.07) is 7.34. The van der Waals surface area contributed by atoms with Gasteiger partial charge in [0.15, 0.2) is 0 Å². The maximum absolute atomic E-state index is 12.2. The number of rotatable bonds is 5. The highest BCUT2D eigenvalue weighted by atomic mass is 32.2. The van der Waals surface area contributed by atoms with Crippen molar-refractivity contribution in [2.75, 3.05) is 11.8 Å². The Hall–Kier alpha value is -2.13. The molecule has 0 unspecified atom stereocenters. The Morgan fingerprint density at radius 3 is 2.83 bits per heavy atom. The van der Waals surface area contributed by atoms with Gasteiger partial charge in [0.25, 0.3) is 0 Å². The van der Waals surface area contributed by atoms with Gasteiger partial charge in [0.1, 0.15) is 11.6 Å². The van der Waals surface area contributed by atoms with Crippen molar-refractivity contribution in [1.29, 1.82) is 0 Å². The minimum Gasteiger partial charge on any atom is -0.497 e. The number of hydrogen-bond acceptors (Lipinski definition) is 6. The molecular formula is C15H16N4O3S2. The molecule has 1 aliphatic rings. The van der Waals surface area contributed by atoms with Crippen molar-refractivity contribution in [1.82, 2.24) is 14.8 Å². The zero-order valence-electron chi connectivity index (χ0n) is 13.2. The molecule has 1 N–H and O–H groups in total. The van der Waals surface area contributed by atoms with E-state index in [-0.39, 0.29) is 5.25 Å². The smallest absolute Gasteiger partial charge is 0.236 e. The summed E-state index contributed by atoms with van der Waals surface area (Å²) in [7, 11) is -1.74. The molecule has 2 heterocycles. The Kier molecular flexibility index (Phi) is 3.50. The van der Waals surface area contributed by atoms with Gasteiger partial charge in [0, 0.05) is 6.07 Å². The van der Waals surface area contributed by atoms with E-state index in [1.807, 2.05) is 25.1 Å². The molecule has 0 bridgehead atoms. The summed E-state index contributed by atoms with van der Waals surface area (Å²) in [6.45, 7) is 1.82. The van der Waals surface area contributed by atoms with Gasteiger partial charge >= 0.3 is 0 Å². The Balaban J connectivity index is 1.76. The molecule has 0 radical (unpaired) electrons. The van der Waals surface area contributed by atoms with Crippen LogP contribution in [0.4, 0.5) is 5.82 Å². The second-order valence-corrected chi connectivity index (χ2v) is 8.73. The highest BCUT2D eigenvalue weighted by Crippen LogP contribution is 2.32. The van der Waals surface area contributed by atoms with E-state index in [2.05, 4.69) is 14.8 Å². The van der Waals surface area contributed by atoms with Crippen LogP contribution in [0.3, 0.4) is 0 Å². The number of nitrogens with one attached hydrogen (secondary N) is 1. The summed E-state index contributed by atoms with van der Waals surface area (Å²) in [5.74, 6) is 1.18. The molecule has 0 saturated heterocycles. The Morgan fingerprint density at radius 2 is 2.12 bits per heavy atom. The number of sulfonamides is 1. The highest BCUT2D eigenvalue weighted by molar-refractivity contribution is 7.93. The lowest BCUT2D eigenvalue weighted by Crippen LogP contribution is -2.19. The molecule has 1 aliphatic carbocycles. The van der Waals surface area contributed by atoms with Crippen LogP contribution in [-0.4, -0.2) is 35.5 Å². The molecular weight excluding hydrogens is 348 g/mol. The van der Waals surface area contributed by atoms with Crippen LogP contribution in [0, 0.1) is 6.92 Å². The van der Waals surface area contributed by atoms with Gasteiger partial charge in [-0.3, -0.25) is 4.72 Å². The van der Waals surface area contributed by atoms with E-state index in [0.717, 1.165) is 21.7 Å². The third kappa shape index (κ3) is 2.73. The van der Waals surface area contributed by atoms with Crippen molar-refractivity contribution < 1.29 is 13.2 Å². The predicted molar refractivity (Wildman–Crippen MR) is 93.6 cm³/mol. The number of nitrogens with zero attached hydrogens (tertiary/aromatic N) is 3. The van der Waals surface area contributed by atoms with E-state index in [1.54, 1.807) is 17.9 Å². The summed E-state index contributed by atoms with van der Waals surface area (Å²) >= 11 is 1.43. The van der Waals surface area contributed by atoms with Gasteiger partial charge in [-0.15, -0.1) is 0 Å². The molecule has 126 valence electrons. The van der Waals surface area contributed by atoms with E-state index in [4.69, 9.17) is 4.74 Å². The normalized spacial score (nSPS) is 14.9. The van der Waals surface area contributed by atoms with E-state index in [9.17, 15) is 8.42 Å². The number of aromatic nitrogens is 3. The monoisotopic (exact) mass is 364 g/mol. The van der Waals surface area contributed by atoms with Crippen LogP contribution in [0.1, 0.15) is 18.5 Å². The van der Waals surface area contributed by atoms with Gasteiger partial charge in [0.05, 0.1) is 28.3 Å². The second kappa shape index (κ2) is 5.45. The van der Waals surface area contributed by atoms with Crippen molar-refractivity contribution in [2.45, 2.75) is 25.0 Å². The minimum absolute atomic E-state index is 0.291. The summed E-state index contributed by atoms with van der Waals surface area (Å²) in [4.78, 5) is 4.55. The molecule has 7 nitrogen and oxygen atoms in total. The first-order valence-corrected chi connectivity index (χ1v) is 9.86. The number of hydrogen-bond donors (Lipinski definition) is 1. The third-order valence-electron chi connectivity index (χ3n) is 3.81. The first kappa shape index (κ1) is 15.4. The van der Waals surface area contributed by atoms with Gasteiger partial charge in [-0.1, -0.05) is 11.3 Å². The lowest BCUT2D eigenvalue weighted by molar-refractivity contribution is 0.415. The fourth-order valence-corrected chi connectivity index (χ4v) is 4.76. The molecule has 1 saturated carbocycles. The fraction of sp³-hybridized carbons (Fsp3) is 0.333. The molecule has 3 aromatic rings. The summed E-state index contributed by atoms with van der Waals surface area (Å²) in [6.07, 6.45) is 1.42. The number of methoxy groups -OCH3 is 1. The molecule has 9 heteroatoms. The van der Waals surface area contributed by atoms with Crippen molar-refractivity contribution >= 4 is 37.4 Å². The topological polar surface area (TPSA) is 86.1 Å².